The first kappa shape index (κ1) is 20.1. The maximum absolute atomic E-state index is 13.7. The number of rotatable bonds is 5. The fraction of sp³-hybridized carbons (Fsp3) is 0.522. The number of carbonyl (C=O) groups is 2. The van der Waals surface area contributed by atoms with Gasteiger partial charge in [0.2, 0.25) is 0 Å². The number of fused-ring (bicyclic) bond motifs is 1. The molecule has 0 bridgehead atoms. The van der Waals surface area contributed by atoms with Crippen LogP contribution < -0.4 is 0 Å². The highest BCUT2D eigenvalue weighted by Crippen LogP contribution is 2.43. The lowest BCUT2D eigenvalue weighted by molar-refractivity contribution is -0.144. The molecule has 1 amide bonds. The lowest BCUT2D eigenvalue weighted by Crippen LogP contribution is -2.40. The first-order valence-corrected chi connectivity index (χ1v) is 11.4. The maximum Gasteiger partial charge on any atom is 0.307 e. The van der Waals surface area contributed by atoms with Crippen LogP contribution in [0.25, 0.3) is 10.4 Å². The molecule has 5 nitrogen and oxygen atoms in total. The van der Waals surface area contributed by atoms with E-state index in [1.807, 2.05) is 49.1 Å². The van der Waals surface area contributed by atoms with E-state index < -0.39 is 0 Å². The third kappa shape index (κ3) is 4.08. The Bertz CT molecular complexity index is 880. The Labute approximate surface area is 176 Å². The van der Waals surface area contributed by atoms with Gasteiger partial charge in [-0.3, -0.25) is 9.59 Å². The highest BCUT2D eigenvalue weighted by molar-refractivity contribution is 7.15. The first-order valence-electron chi connectivity index (χ1n) is 10.6. The van der Waals surface area contributed by atoms with Crippen molar-refractivity contribution in [1.29, 1.82) is 0 Å². The van der Waals surface area contributed by atoms with Crippen molar-refractivity contribution in [1.82, 2.24) is 9.88 Å². The van der Waals surface area contributed by atoms with Gasteiger partial charge in [0.1, 0.15) is 5.69 Å². The summed E-state index contributed by atoms with van der Waals surface area (Å²) in [5.41, 5.74) is 1.53. The van der Waals surface area contributed by atoms with Crippen molar-refractivity contribution in [2.45, 2.75) is 52.0 Å². The molecule has 6 heteroatoms. The van der Waals surface area contributed by atoms with Crippen LogP contribution in [-0.2, 0) is 9.53 Å². The van der Waals surface area contributed by atoms with Gasteiger partial charge in [-0.2, -0.15) is 0 Å². The summed E-state index contributed by atoms with van der Waals surface area (Å²) in [4.78, 5) is 33.4. The number of nitrogens with zero attached hydrogens (tertiary/aromatic N) is 2. The van der Waals surface area contributed by atoms with E-state index in [1.54, 1.807) is 11.3 Å². The molecule has 0 spiro atoms. The Morgan fingerprint density at radius 1 is 1.21 bits per heavy atom. The van der Waals surface area contributed by atoms with Crippen LogP contribution in [0.15, 0.2) is 30.3 Å². The van der Waals surface area contributed by atoms with Crippen molar-refractivity contribution in [2.75, 3.05) is 13.2 Å². The first-order chi connectivity index (χ1) is 14.1. The number of ether oxygens (including phenoxy) is 1. The minimum absolute atomic E-state index is 0.0445. The third-order valence-corrected chi connectivity index (χ3v) is 7.23. The van der Waals surface area contributed by atoms with Gasteiger partial charge < -0.3 is 9.64 Å². The Morgan fingerprint density at radius 2 is 1.97 bits per heavy atom. The predicted molar refractivity (Wildman–Crippen MR) is 114 cm³/mol. The number of aromatic nitrogens is 1. The van der Waals surface area contributed by atoms with Crippen LogP contribution in [0, 0.1) is 18.8 Å². The van der Waals surface area contributed by atoms with E-state index in [-0.39, 0.29) is 24.3 Å². The van der Waals surface area contributed by atoms with Gasteiger partial charge in [0, 0.05) is 12.6 Å². The zero-order valence-corrected chi connectivity index (χ0v) is 17.9. The summed E-state index contributed by atoms with van der Waals surface area (Å²) in [6, 6.07) is 9.88. The molecule has 1 aliphatic carbocycles. The number of hydrogen-bond acceptors (Lipinski definition) is 5. The SMILES string of the molecule is CCOC(=O)CC1C2CCCCC2CN1C(=O)c1nc(C)sc1-c1ccccc1. The van der Waals surface area contributed by atoms with Gasteiger partial charge >= 0.3 is 5.97 Å². The lowest BCUT2D eigenvalue weighted by atomic mass is 9.78. The van der Waals surface area contributed by atoms with Crippen LogP contribution in [0.3, 0.4) is 0 Å². The van der Waals surface area contributed by atoms with Crippen LogP contribution in [-0.4, -0.2) is 41.0 Å². The molecule has 1 aromatic carbocycles. The summed E-state index contributed by atoms with van der Waals surface area (Å²) < 4.78 is 5.22. The highest BCUT2D eigenvalue weighted by Gasteiger charge is 2.46. The second kappa shape index (κ2) is 8.66. The van der Waals surface area contributed by atoms with Crippen molar-refractivity contribution in [2.24, 2.45) is 11.8 Å². The molecule has 2 heterocycles. The largest absolute Gasteiger partial charge is 0.466 e. The molecule has 154 valence electrons. The van der Waals surface area contributed by atoms with Crippen LogP contribution in [0.4, 0.5) is 0 Å². The number of aryl methyl sites for hydroxylation is 1. The second-order valence-electron chi connectivity index (χ2n) is 8.02. The minimum Gasteiger partial charge on any atom is -0.466 e. The molecular weight excluding hydrogens is 384 g/mol. The van der Waals surface area contributed by atoms with E-state index in [9.17, 15) is 9.59 Å². The molecule has 1 saturated heterocycles. The van der Waals surface area contributed by atoms with Crippen LogP contribution in [0.1, 0.15) is 54.5 Å². The molecule has 2 aliphatic rings. The van der Waals surface area contributed by atoms with E-state index in [4.69, 9.17) is 4.74 Å². The molecule has 0 N–H and O–H groups in total. The fourth-order valence-corrected chi connectivity index (χ4v) is 5.88. The summed E-state index contributed by atoms with van der Waals surface area (Å²) in [6.07, 6.45) is 4.88. The van der Waals surface area contributed by atoms with Crippen molar-refractivity contribution in [3.63, 3.8) is 0 Å². The molecular formula is C23H28N2O3S. The van der Waals surface area contributed by atoms with Gasteiger partial charge in [0.15, 0.2) is 0 Å². The van der Waals surface area contributed by atoms with Crippen molar-refractivity contribution in [3.8, 4) is 10.4 Å². The Morgan fingerprint density at radius 3 is 2.72 bits per heavy atom. The molecule has 3 atom stereocenters. The molecule has 2 aromatic rings. The topological polar surface area (TPSA) is 59.5 Å². The summed E-state index contributed by atoms with van der Waals surface area (Å²) in [6.45, 7) is 4.85. The number of thiazole rings is 1. The Hall–Kier alpha value is -2.21. The zero-order valence-electron chi connectivity index (χ0n) is 17.1. The number of esters is 1. The summed E-state index contributed by atoms with van der Waals surface area (Å²) in [7, 11) is 0. The number of hydrogen-bond donors (Lipinski definition) is 0. The molecule has 4 rings (SSSR count). The van der Waals surface area contributed by atoms with Gasteiger partial charge in [0.05, 0.1) is 22.9 Å². The van der Waals surface area contributed by atoms with Gasteiger partial charge in [-0.15, -0.1) is 11.3 Å². The molecule has 1 saturated carbocycles. The van der Waals surface area contributed by atoms with Gasteiger partial charge in [-0.05, 0) is 44.1 Å². The number of likely N-dealkylation sites (tertiary alicyclic amines) is 1. The highest BCUT2D eigenvalue weighted by atomic mass is 32.1. The van der Waals surface area contributed by atoms with E-state index in [1.165, 1.54) is 12.8 Å². The quantitative estimate of drug-likeness (QED) is 0.668. The van der Waals surface area contributed by atoms with Crippen molar-refractivity contribution >= 4 is 23.2 Å². The number of benzene rings is 1. The van der Waals surface area contributed by atoms with E-state index in [2.05, 4.69) is 4.98 Å². The number of carbonyl (C=O) groups excluding carboxylic acids is 2. The van der Waals surface area contributed by atoms with Gasteiger partial charge in [-0.25, -0.2) is 4.98 Å². The van der Waals surface area contributed by atoms with Crippen molar-refractivity contribution in [3.05, 3.63) is 41.0 Å². The average molecular weight is 413 g/mol. The lowest BCUT2D eigenvalue weighted by Gasteiger charge is -2.29. The van der Waals surface area contributed by atoms with E-state index >= 15 is 0 Å². The molecule has 1 aromatic heterocycles. The van der Waals surface area contributed by atoms with Crippen molar-refractivity contribution < 1.29 is 14.3 Å². The monoisotopic (exact) mass is 412 g/mol. The molecule has 2 fully saturated rings. The van der Waals surface area contributed by atoms with Gasteiger partial charge in [-0.1, -0.05) is 43.2 Å². The molecule has 0 radical (unpaired) electrons. The van der Waals surface area contributed by atoms with Crippen LogP contribution in [0.2, 0.25) is 0 Å². The molecule has 3 unspecified atom stereocenters. The Balaban J connectivity index is 1.65. The third-order valence-electron chi connectivity index (χ3n) is 6.21. The fourth-order valence-electron chi connectivity index (χ4n) is 4.97. The van der Waals surface area contributed by atoms with Gasteiger partial charge in [0.25, 0.3) is 5.91 Å². The number of amides is 1. The second-order valence-corrected chi connectivity index (χ2v) is 9.22. The van der Waals surface area contributed by atoms with E-state index in [0.717, 1.165) is 34.8 Å². The Kier molecular flexibility index (Phi) is 5.99. The normalized spacial score (nSPS) is 23.7. The standard InChI is InChI=1S/C23H28N2O3S/c1-3-28-20(26)13-19-18-12-8-7-11-17(18)14-25(19)23(27)21-22(29-15(2)24-21)16-9-5-4-6-10-16/h4-6,9-10,17-19H,3,7-8,11-14H2,1-2H3. The predicted octanol–water partition coefficient (Wildman–Crippen LogP) is 4.70. The smallest absolute Gasteiger partial charge is 0.307 e. The molecule has 1 aliphatic heterocycles. The molecule has 29 heavy (non-hydrogen) atoms. The average Bonchev–Trinajstić information content (AvgIpc) is 3.29. The van der Waals surface area contributed by atoms with Crippen LogP contribution in [0.5, 0.6) is 0 Å². The summed E-state index contributed by atoms with van der Waals surface area (Å²) in [5, 5.41) is 0.880. The summed E-state index contributed by atoms with van der Waals surface area (Å²) >= 11 is 1.55. The zero-order chi connectivity index (χ0) is 20.4. The summed E-state index contributed by atoms with van der Waals surface area (Å²) in [5.74, 6) is 0.611. The van der Waals surface area contributed by atoms with E-state index in [0.29, 0.717) is 24.1 Å². The maximum atomic E-state index is 13.7. The van der Waals surface area contributed by atoms with Crippen LogP contribution >= 0.6 is 11.3 Å². The minimum atomic E-state index is -0.209.